The first-order chi connectivity index (χ1) is 16.9. The van der Waals surface area contributed by atoms with Gasteiger partial charge < -0.3 is 14.8 Å². The standard InChI is InChI=1S/C25H23N3O4S3/c1-15-5-4-6-16(9-15)10-18-13-26-24(34-18)27-22(29)14-28-23(30)21(35-25(28)33)12-17-7-8-19(31-2)20(11-17)32-3/h4-9,11-13H,10,14H2,1-3H3,(H,26,27,29). The molecule has 180 valence electrons. The summed E-state index contributed by atoms with van der Waals surface area (Å²) in [7, 11) is 3.11. The van der Waals surface area contributed by atoms with Crippen LogP contribution in [-0.4, -0.2) is 46.8 Å². The van der Waals surface area contributed by atoms with Gasteiger partial charge in [0, 0.05) is 17.5 Å². The third kappa shape index (κ3) is 6.08. The third-order valence-electron chi connectivity index (χ3n) is 5.14. The molecular weight excluding hydrogens is 502 g/mol. The molecule has 1 aliphatic rings. The molecule has 4 rings (SSSR count). The number of aromatic nitrogens is 1. The van der Waals surface area contributed by atoms with E-state index >= 15 is 0 Å². The molecule has 0 aliphatic carbocycles. The zero-order valence-electron chi connectivity index (χ0n) is 19.4. The maximum absolute atomic E-state index is 12.9. The van der Waals surface area contributed by atoms with Gasteiger partial charge in [0.2, 0.25) is 5.91 Å². The first-order valence-electron chi connectivity index (χ1n) is 10.6. The van der Waals surface area contributed by atoms with Gasteiger partial charge in [0.1, 0.15) is 10.9 Å². The molecule has 2 amide bonds. The Morgan fingerprint density at radius 3 is 2.71 bits per heavy atom. The highest BCUT2D eigenvalue weighted by molar-refractivity contribution is 8.26. The molecule has 2 aromatic carbocycles. The number of thiazole rings is 1. The molecule has 7 nitrogen and oxygen atoms in total. The normalized spacial score (nSPS) is 14.5. The van der Waals surface area contributed by atoms with Crippen LogP contribution in [-0.2, 0) is 16.0 Å². The molecular formula is C25H23N3O4S3. The molecule has 2 heterocycles. The summed E-state index contributed by atoms with van der Waals surface area (Å²) in [6.45, 7) is 1.87. The van der Waals surface area contributed by atoms with Crippen LogP contribution >= 0.6 is 35.3 Å². The Bertz CT molecular complexity index is 1320. The van der Waals surface area contributed by atoms with Gasteiger partial charge in [-0.3, -0.25) is 14.5 Å². The van der Waals surface area contributed by atoms with Crippen LogP contribution in [0.2, 0.25) is 0 Å². The Morgan fingerprint density at radius 2 is 1.97 bits per heavy atom. The van der Waals surface area contributed by atoms with E-state index in [0.717, 1.165) is 28.6 Å². The molecule has 0 radical (unpaired) electrons. The van der Waals surface area contributed by atoms with Gasteiger partial charge in [0.25, 0.3) is 5.91 Å². The van der Waals surface area contributed by atoms with Gasteiger partial charge >= 0.3 is 0 Å². The molecule has 1 aliphatic heterocycles. The van der Waals surface area contributed by atoms with E-state index < -0.39 is 0 Å². The number of thiocarbonyl (C=S) groups is 1. The van der Waals surface area contributed by atoms with Crippen LogP contribution in [0, 0.1) is 6.92 Å². The van der Waals surface area contributed by atoms with Crippen LogP contribution in [0.3, 0.4) is 0 Å². The SMILES string of the molecule is COc1ccc(C=C2SC(=S)N(CC(=O)Nc3ncc(Cc4cccc(C)c4)s3)C2=O)cc1OC. The summed E-state index contributed by atoms with van der Waals surface area (Å²) in [6, 6.07) is 13.6. The van der Waals surface area contributed by atoms with Gasteiger partial charge in [0.05, 0.1) is 19.1 Å². The minimum absolute atomic E-state index is 0.180. The minimum atomic E-state index is -0.356. The van der Waals surface area contributed by atoms with E-state index in [1.165, 1.54) is 27.4 Å². The first-order valence-corrected chi connectivity index (χ1v) is 12.7. The van der Waals surface area contributed by atoms with Gasteiger partial charge in [-0.25, -0.2) is 4.98 Å². The van der Waals surface area contributed by atoms with E-state index in [9.17, 15) is 9.59 Å². The van der Waals surface area contributed by atoms with Crippen molar-refractivity contribution in [2.45, 2.75) is 13.3 Å². The monoisotopic (exact) mass is 525 g/mol. The molecule has 1 saturated heterocycles. The number of benzene rings is 2. The summed E-state index contributed by atoms with van der Waals surface area (Å²) in [4.78, 5) is 32.6. The molecule has 1 fully saturated rings. The summed E-state index contributed by atoms with van der Waals surface area (Å²) >= 11 is 7.93. The number of carbonyl (C=O) groups excluding carboxylic acids is 2. The fraction of sp³-hybridized carbons (Fsp3) is 0.200. The quantitative estimate of drug-likeness (QED) is 0.331. The number of hydrogen-bond donors (Lipinski definition) is 1. The van der Waals surface area contributed by atoms with Crippen molar-refractivity contribution in [1.29, 1.82) is 0 Å². The molecule has 1 N–H and O–H groups in total. The molecule has 0 spiro atoms. The van der Waals surface area contributed by atoms with Gasteiger partial charge in [-0.2, -0.15) is 0 Å². The van der Waals surface area contributed by atoms with Crippen LogP contribution in [0.25, 0.3) is 6.08 Å². The summed E-state index contributed by atoms with van der Waals surface area (Å²) < 4.78 is 10.9. The van der Waals surface area contributed by atoms with Crippen molar-refractivity contribution in [2.24, 2.45) is 0 Å². The van der Waals surface area contributed by atoms with E-state index in [-0.39, 0.29) is 18.4 Å². The number of rotatable bonds is 8. The van der Waals surface area contributed by atoms with Gasteiger partial charge in [-0.15, -0.1) is 11.3 Å². The van der Waals surface area contributed by atoms with E-state index in [1.54, 1.807) is 38.6 Å². The lowest BCUT2D eigenvalue weighted by Crippen LogP contribution is -2.36. The van der Waals surface area contributed by atoms with Crippen LogP contribution in [0.15, 0.2) is 53.6 Å². The van der Waals surface area contributed by atoms with Crippen molar-refractivity contribution in [3.63, 3.8) is 0 Å². The third-order valence-corrected chi connectivity index (χ3v) is 7.43. The molecule has 1 aromatic heterocycles. The minimum Gasteiger partial charge on any atom is -0.493 e. The van der Waals surface area contributed by atoms with Crippen LogP contribution < -0.4 is 14.8 Å². The predicted molar refractivity (Wildman–Crippen MR) is 144 cm³/mol. The summed E-state index contributed by atoms with van der Waals surface area (Å²) in [5, 5.41) is 3.27. The lowest BCUT2D eigenvalue weighted by molar-refractivity contribution is -0.126. The number of nitrogens with one attached hydrogen (secondary N) is 1. The molecule has 35 heavy (non-hydrogen) atoms. The number of anilines is 1. The lowest BCUT2D eigenvalue weighted by atomic mass is 10.1. The number of amides is 2. The molecule has 3 aromatic rings. The number of methoxy groups -OCH3 is 2. The number of nitrogens with zero attached hydrogens (tertiary/aromatic N) is 2. The van der Waals surface area contributed by atoms with Gasteiger partial charge in [-0.1, -0.05) is 59.9 Å². The average Bonchev–Trinajstić information content (AvgIpc) is 3.37. The lowest BCUT2D eigenvalue weighted by Gasteiger charge is -2.13. The first kappa shape index (κ1) is 24.9. The molecule has 0 saturated carbocycles. The van der Waals surface area contributed by atoms with Crippen LogP contribution in [0.5, 0.6) is 11.5 Å². The van der Waals surface area contributed by atoms with E-state index in [4.69, 9.17) is 21.7 Å². The van der Waals surface area contributed by atoms with Gasteiger partial charge in [-0.05, 0) is 36.3 Å². The van der Waals surface area contributed by atoms with Crippen molar-refractivity contribution < 1.29 is 19.1 Å². The predicted octanol–water partition coefficient (Wildman–Crippen LogP) is 4.90. The fourth-order valence-electron chi connectivity index (χ4n) is 3.50. The Kier molecular flexibility index (Phi) is 7.84. The van der Waals surface area contributed by atoms with Crippen molar-refractivity contribution in [1.82, 2.24) is 9.88 Å². The van der Waals surface area contributed by atoms with Crippen molar-refractivity contribution in [2.75, 3.05) is 26.1 Å². The van der Waals surface area contributed by atoms with E-state index in [1.807, 2.05) is 12.1 Å². The van der Waals surface area contributed by atoms with Crippen molar-refractivity contribution in [3.05, 3.63) is 75.1 Å². The zero-order chi connectivity index (χ0) is 24.9. The highest BCUT2D eigenvalue weighted by Crippen LogP contribution is 2.34. The summed E-state index contributed by atoms with van der Waals surface area (Å²) in [5.74, 6) is 0.480. The summed E-state index contributed by atoms with van der Waals surface area (Å²) in [5.41, 5.74) is 3.14. The average molecular weight is 526 g/mol. The maximum atomic E-state index is 12.9. The Hall–Kier alpha value is -3.21. The Labute approximate surface area is 217 Å². The number of carbonyl (C=O) groups is 2. The number of hydrogen-bond acceptors (Lipinski definition) is 8. The highest BCUT2D eigenvalue weighted by atomic mass is 32.2. The Morgan fingerprint density at radius 1 is 1.17 bits per heavy atom. The zero-order valence-corrected chi connectivity index (χ0v) is 21.8. The van der Waals surface area contributed by atoms with Crippen molar-refractivity contribution >= 4 is 62.7 Å². The second-order valence-corrected chi connectivity index (χ2v) is 10.5. The van der Waals surface area contributed by atoms with E-state index in [2.05, 4.69) is 35.4 Å². The smallest absolute Gasteiger partial charge is 0.266 e. The second-order valence-electron chi connectivity index (χ2n) is 7.73. The van der Waals surface area contributed by atoms with Crippen LogP contribution in [0.4, 0.5) is 5.13 Å². The van der Waals surface area contributed by atoms with Crippen LogP contribution in [0.1, 0.15) is 21.6 Å². The topological polar surface area (TPSA) is 80.8 Å². The second kappa shape index (κ2) is 11.0. The number of thioether (sulfide) groups is 1. The largest absolute Gasteiger partial charge is 0.493 e. The molecule has 0 unspecified atom stereocenters. The van der Waals surface area contributed by atoms with E-state index in [0.29, 0.717) is 25.9 Å². The molecule has 10 heteroatoms. The van der Waals surface area contributed by atoms with Crippen molar-refractivity contribution in [3.8, 4) is 11.5 Å². The maximum Gasteiger partial charge on any atom is 0.266 e. The fourth-order valence-corrected chi connectivity index (χ4v) is 5.62. The highest BCUT2D eigenvalue weighted by Gasteiger charge is 2.33. The Balaban J connectivity index is 1.38. The number of ether oxygens (including phenoxy) is 2. The molecule has 0 atom stereocenters. The molecule has 0 bridgehead atoms. The summed E-state index contributed by atoms with van der Waals surface area (Å²) in [6.07, 6.45) is 4.22. The number of aryl methyl sites for hydroxylation is 1. The van der Waals surface area contributed by atoms with Gasteiger partial charge in [0.15, 0.2) is 16.6 Å².